The lowest BCUT2D eigenvalue weighted by molar-refractivity contribution is -0.127. The Morgan fingerprint density at radius 3 is 2.62 bits per heavy atom. The summed E-state index contributed by atoms with van der Waals surface area (Å²) in [6, 6.07) is 14.1. The van der Waals surface area contributed by atoms with Crippen molar-refractivity contribution in [2.45, 2.75) is 18.8 Å². The highest BCUT2D eigenvalue weighted by Crippen LogP contribution is 2.30. The third-order valence-corrected chi connectivity index (χ3v) is 4.78. The molecule has 1 aromatic heterocycles. The van der Waals surface area contributed by atoms with Gasteiger partial charge in [-0.1, -0.05) is 30.3 Å². The highest BCUT2D eigenvalue weighted by molar-refractivity contribution is 5.91. The second-order valence-electron chi connectivity index (χ2n) is 6.47. The zero-order valence-electron chi connectivity index (χ0n) is 14.3. The van der Waals surface area contributed by atoms with E-state index in [2.05, 4.69) is 4.98 Å². The Bertz CT molecular complexity index is 922. The molecule has 0 bridgehead atoms. The molecule has 0 aliphatic carbocycles. The van der Waals surface area contributed by atoms with Crippen LogP contribution in [0.25, 0.3) is 17.2 Å². The number of fused-ring (bicyclic) bond motifs is 1. The lowest BCUT2D eigenvalue weighted by Crippen LogP contribution is -2.36. The van der Waals surface area contributed by atoms with E-state index in [0.717, 1.165) is 29.8 Å². The first-order chi connectivity index (χ1) is 12.7. The monoisotopic (exact) mass is 350 g/mol. The van der Waals surface area contributed by atoms with Crippen molar-refractivity contribution < 1.29 is 13.6 Å². The number of benzene rings is 2. The van der Waals surface area contributed by atoms with Crippen molar-refractivity contribution in [3.63, 3.8) is 0 Å². The summed E-state index contributed by atoms with van der Waals surface area (Å²) >= 11 is 0. The van der Waals surface area contributed by atoms with Crippen molar-refractivity contribution in [1.29, 1.82) is 0 Å². The highest BCUT2D eigenvalue weighted by Gasteiger charge is 2.26. The van der Waals surface area contributed by atoms with E-state index in [4.69, 9.17) is 4.42 Å². The molecule has 1 aliphatic rings. The molecule has 1 aliphatic heterocycles. The van der Waals surface area contributed by atoms with Gasteiger partial charge >= 0.3 is 0 Å². The SMILES string of the molecule is O=C(/C=C/c1ccccc1F)N1CCC(c2nc3ccccc3o2)CC1. The molecular weight excluding hydrogens is 331 g/mol. The Labute approximate surface area is 150 Å². The largest absolute Gasteiger partial charge is 0.440 e. The molecular formula is C21H19FN2O2. The van der Waals surface area contributed by atoms with Crippen LogP contribution in [0.2, 0.25) is 0 Å². The summed E-state index contributed by atoms with van der Waals surface area (Å²) in [4.78, 5) is 18.7. The molecule has 26 heavy (non-hydrogen) atoms. The lowest BCUT2D eigenvalue weighted by atomic mass is 9.96. The van der Waals surface area contributed by atoms with E-state index in [1.165, 1.54) is 18.2 Å². The number of rotatable bonds is 3. The number of nitrogens with zero attached hydrogens (tertiary/aromatic N) is 2. The molecule has 2 aromatic carbocycles. The van der Waals surface area contributed by atoms with Gasteiger partial charge in [-0.2, -0.15) is 0 Å². The van der Waals surface area contributed by atoms with Gasteiger partial charge in [0.05, 0.1) is 0 Å². The molecule has 4 rings (SSSR count). The summed E-state index contributed by atoms with van der Waals surface area (Å²) in [5.41, 5.74) is 2.09. The molecule has 0 radical (unpaired) electrons. The Balaban J connectivity index is 1.38. The van der Waals surface area contributed by atoms with Crippen molar-refractivity contribution in [3.8, 4) is 0 Å². The van der Waals surface area contributed by atoms with E-state index >= 15 is 0 Å². The molecule has 3 aromatic rings. The van der Waals surface area contributed by atoms with Gasteiger partial charge in [-0.25, -0.2) is 9.37 Å². The fraction of sp³-hybridized carbons (Fsp3) is 0.238. The number of oxazole rings is 1. The maximum Gasteiger partial charge on any atom is 0.246 e. The van der Waals surface area contributed by atoms with Crippen LogP contribution >= 0.6 is 0 Å². The summed E-state index contributed by atoms with van der Waals surface area (Å²) in [7, 11) is 0. The maximum absolute atomic E-state index is 13.6. The van der Waals surface area contributed by atoms with Gasteiger partial charge in [-0.05, 0) is 37.1 Å². The molecule has 0 unspecified atom stereocenters. The Morgan fingerprint density at radius 1 is 1.12 bits per heavy atom. The zero-order chi connectivity index (χ0) is 17.9. The van der Waals surface area contributed by atoms with Gasteiger partial charge in [0.25, 0.3) is 0 Å². The molecule has 5 heteroatoms. The highest BCUT2D eigenvalue weighted by atomic mass is 19.1. The first-order valence-electron chi connectivity index (χ1n) is 8.78. The predicted molar refractivity (Wildman–Crippen MR) is 98.0 cm³/mol. The first kappa shape index (κ1) is 16.5. The molecule has 4 nitrogen and oxygen atoms in total. The van der Waals surface area contributed by atoms with Gasteiger partial charge in [0, 0.05) is 30.6 Å². The summed E-state index contributed by atoms with van der Waals surface area (Å²) < 4.78 is 19.5. The van der Waals surface area contributed by atoms with Crippen LogP contribution in [0.4, 0.5) is 4.39 Å². The number of halogens is 1. The van der Waals surface area contributed by atoms with Crippen LogP contribution < -0.4 is 0 Å². The normalized spacial score (nSPS) is 15.8. The van der Waals surface area contributed by atoms with E-state index in [0.29, 0.717) is 18.7 Å². The number of carbonyl (C=O) groups is 1. The molecule has 0 saturated carbocycles. The fourth-order valence-corrected chi connectivity index (χ4v) is 3.29. The minimum Gasteiger partial charge on any atom is -0.440 e. The molecule has 1 fully saturated rings. The molecule has 0 N–H and O–H groups in total. The van der Waals surface area contributed by atoms with Gasteiger partial charge in [0.1, 0.15) is 11.3 Å². The number of amides is 1. The summed E-state index contributed by atoms with van der Waals surface area (Å²) in [6.07, 6.45) is 4.60. The second-order valence-corrected chi connectivity index (χ2v) is 6.47. The van der Waals surface area contributed by atoms with Crippen LogP contribution in [-0.4, -0.2) is 28.9 Å². The van der Waals surface area contributed by atoms with Gasteiger partial charge in [-0.15, -0.1) is 0 Å². The van der Waals surface area contributed by atoms with Crippen LogP contribution in [0, 0.1) is 5.82 Å². The third kappa shape index (κ3) is 3.38. The Hall–Kier alpha value is -2.95. The number of piperidine rings is 1. The average Bonchev–Trinajstić information content (AvgIpc) is 3.11. The van der Waals surface area contributed by atoms with Crippen LogP contribution in [0.15, 0.2) is 59.0 Å². The van der Waals surface area contributed by atoms with E-state index in [1.807, 2.05) is 24.3 Å². The van der Waals surface area contributed by atoms with Gasteiger partial charge in [-0.3, -0.25) is 4.79 Å². The van der Waals surface area contributed by atoms with Crippen LogP contribution in [-0.2, 0) is 4.79 Å². The molecule has 1 saturated heterocycles. The summed E-state index contributed by atoms with van der Waals surface area (Å²) in [5.74, 6) is 0.553. The topological polar surface area (TPSA) is 46.3 Å². The van der Waals surface area contributed by atoms with Crippen molar-refractivity contribution in [2.24, 2.45) is 0 Å². The average molecular weight is 350 g/mol. The number of carbonyl (C=O) groups excluding carboxylic acids is 1. The molecule has 132 valence electrons. The van der Waals surface area contributed by atoms with Gasteiger partial charge < -0.3 is 9.32 Å². The molecule has 0 atom stereocenters. The fourth-order valence-electron chi connectivity index (χ4n) is 3.29. The number of hydrogen-bond donors (Lipinski definition) is 0. The maximum atomic E-state index is 13.6. The van der Waals surface area contributed by atoms with E-state index < -0.39 is 0 Å². The standard InChI is InChI=1S/C21H19FN2O2/c22-17-6-2-1-5-15(17)9-10-20(25)24-13-11-16(12-14-24)21-23-18-7-3-4-8-19(18)26-21/h1-10,16H,11-14H2/b10-9+. The van der Waals surface area contributed by atoms with Crippen molar-refractivity contribution in [3.05, 3.63) is 71.9 Å². The molecule has 0 spiro atoms. The van der Waals surface area contributed by atoms with E-state index in [9.17, 15) is 9.18 Å². The minimum atomic E-state index is -0.328. The van der Waals surface area contributed by atoms with E-state index in [1.54, 1.807) is 23.1 Å². The lowest BCUT2D eigenvalue weighted by Gasteiger charge is -2.29. The quantitative estimate of drug-likeness (QED) is 0.658. The summed E-state index contributed by atoms with van der Waals surface area (Å²) in [6.45, 7) is 1.29. The minimum absolute atomic E-state index is 0.0933. The first-order valence-corrected chi connectivity index (χ1v) is 8.78. The van der Waals surface area contributed by atoms with Crippen molar-refractivity contribution in [1.82, 2.24) is 9.88 Å². The van der Waals surface area contributed by atoms with Crippen molar-refractivity contribution >= 4 is 23.1 Å². The smallest absolute Gasteiger partial charge is 0.246 e. The third-order valence-electron chi connectivity index (χ3n) is 4.78. The van der Waals surface area contributed by atoms with Gasteiger partial charge in [0.15, 0.2) is 11.5 Å². The number of aromatic nitrogens is 1. The second kappa shape index (κ2) is 7.12. The number of likely N-dealkylation sites (tertiary alicyclic amines) is 1. The van der Waals surface area contributed by atoms with Gasteiger partial charge in [0.2, 0.25) is 5.91 Å². The van der Waals surface area contributed by atoms with Crippen LogP contribution in [0.5, 0.6) is 0 Å². The predicted octanol–water partition coefficient (Wildman–Crippen LogP) is 4.39. The van der Waals surface area contributed by atoms with Crippen LogP contribution in [0.1, 0.15) is 30.2 Å². The zero-order valence-corrected chi connectivity index (χ0v) is 14.3. The molecule has 2 heterocycles. The van der Waals surface area contributed by atoms with Crippen LogP contribution in [0.3, 0.4) is 0 Å². The van der Waals surface area contributed by atoms with Crippen molar-refractivity contribution in [2.75, 3.05) is 13.1 Å². The summed E-state index contributed by atoms with van der Waals surface area (Å²) in [5, 5.41) is 0. The number of hydrogen-bond acceptors (Lipinski definition) is 3. The molecule has 1 amide bonds. The van der Waals surface area contributed by atoms with E-state index in [-0.39, 0.29) is 17.6 Å². The number of para-hydroxylation sites is 2. The Kier molecular flexibility index (Phi) is 4.52. The Morgan fingerprint density at radius 2 is 1.85 bits per heavy atom.